The van der Waals surface area contributed by atoms with Crippen LogP contribution in [0.25, 0.3) is 0 Å². The van der Waals surface area contributed by atoms with E-state index in [4.69, 9.17) is 17.6 Å². The highest BCUT2D eigenvalue weighted by molar-refractivity contribution is 6.36. The average Bonchev–Trinajstić information content (AvgIpc) is 2.43. The van der Waals surface area contributed by atoms with Crippen molar-refractivity contribution < 1.29 is 19.2 Å². The number of para-hydroxylation sites is 1. The zero-order chi connectivity index (χ0) is 15.1. The maximum atomic E-state index is 11.8. The summed E-state index contributed by atoms with van der Waals surface area (Å²) < 4.78 is 0.917. The van der Waals surface area contributed by atoms with Crippen molar-refractivity contribution in [2.45, 2.75) is 19.8 Å². The van der Waals surface area contributed by atoms with E-state index in [1.54, 1.807) is 30.3 Å². The van der Waals surface area contributed by atoms with E-state index in [2.05, 4.69) is 4.84 Å². The van der Waals surface area contributed by atoms with E-state index in [9.17, 15) is 14.4 Å². The molecule has 0 fully saturated rings. The van der Waals surface area contributed by atoms with Crippen molar-refractivity contribution in [3.05, 3.63) is 30.3 Å². The molecule has 0 spiro atoms. The maximum Gasteiger partial charge on any atom is 0.331 e. The maximum absolute atomic E-state index is 11.8. The Morgan fingerprint density at radius 3 is 2.25 bits per heavy atom. The zero-order valence-electron chi connectivity index (χ0n) is 10.8. The molecule has 2 N–H and O–H groups in total. The molecule has 8 heteroatoms. The Labute approximate surface area is 120 Å². The number of nitrogens with two attached hydrogens (primary N) is 1. The summed E-state index contributed by atoms with van der Waals surface area (Å²) in [5.74, 6) is 3.28. The van der Waals surface area contributed by atoms with Crippen LogP contribution in [0.5, 0.6) is 0 Å². The lowest BCUT2D eigenvalue weighted by Crippen LogP contribution is -2.39. The van der Waals surface area contributed by atoms with Gasteiger partial charge in [-0.3, -0.25) is 9.59 Å². The number of amides is 2. The number of carbonyl (C=O) groups is 3. The van der Waals surface area contributed by atoms with E-state index >= 15 is 0 Å². The molecular formula is C12H14ClN3O4. The third-order valence-corrected chi connectivity index (χ3v) is 2.61. The van der Waals surface area contributed by atoms with Crippen LogP contribution in [-0.4, -0.2) is 23.0 Å². The minimum Gasteiger partial charge on any atom is -0.323 e. The molecule has 20 heavy (non-hydrogen) atoms. The standard InChI is InChI=1S/C12H14ClN3O4/c1-9(17)20-16(14)12(19)8-7-11(18)15(13)10-5-3-2-4-6-10/h2-6H,7-8,14H2,1H3. The molecule has 0 aliphatic carbocycles. The normalized spacial score (nSPS) is 9.75. The summed E-state index contributed by atoms with van der Waals surface area (Å²) in [5, 5.41) is 0.302. The molecule has 0 aliphatic heterocycles. The summed E-state index contributed by atoms with van der Waals surface area (Å²) in [4.78, 5) is 38.2. The second-order valence-corrected chi connectivity index (χ2v) is 4.15. The molecule has 0 unspecified atom stereocenters. The first-order valence-corrected chi connectivity index (χ1v) is 6.05. The first-order chi connectivity index (χ1) is 9.41. The molecule has 2 amide bonds. The summed E-state index contributed by atoms with van der Waals surface area (Å²) in [6, 6.07) is 8.55. The highest BCUT2D eigenvalue weighted by Crippen LogP contribution is 2.17. The van der Waals surface area contributed by atoms with Crippen LogP contribution in [-0.2, 0) is 19.2 Å². The fourth-order valence-corrected chi connectivity index (χ4v) is 1.51. The van der Waals surface area contributed by atoms with Crippen LogP contribution < -0.4 is 10.3 Å². The van der Waals surface area contributed by atoms with Gasteiger partial charge in [0.05, 0.1) is 5.69 Å². The number of hydrogen-bond acceptors (Lipinski definition) is 5. The van der Waals surface area contributed by atoms with Crippen molar-refractivity contribution in [1.82, 2.24) is 5.17 Å². The van der Waals surface area contributed by atoms with Crippen LogP contribution in [0.1, 0.15) is 19.8 Å². The van der Waals surface area contributed by atoms with Crippen LogP contribution in [0, 0.1) is 0 Å². The fraction of sp³-hybridized carbons (Fsp3) is 0.250. The Bertz CT molecular complexity index is 495. The van der Waals surface area contributed by atoms with Gasteiger partial charge < -0.3 is 4.84 Å². The molecule has 0 radical (unpaired) electrons. The smallest absolute Gasteiger partial charge is 0.323 e. The summed E-state index contributed by atoms with van der Waals surface area (Å²) >= 11 is 5.85. The predicted molar refractivity (Wildman–Crippen MR) is 71.8 cm³/mol. The van der Waals surface area contributed by atoms with Crippen molar-refractivity contribution in [1.29, 1.82) is 0 Å². The van der Waals surface area contributed by atoms with Gasteiger partial charge in [-0.05, 0) is 12.1 Å². The third-order valence-electron chi connectivity index (χ3n) is 2.23. The Morgan fingerprint density at radius 2 is 1.70 bits per heavy atom. The molecule has 1 rings (SSSR count). The van der Waals surface area contributed by atoms with Gasteiger partial charge in [-0.2, -0.15) is 0 Å². The predicted octanol–water partition coefficient (Wildman–Crippen LogP) is 1.13. The minimum absolute atomic E-state index is 0.161. The van der Waals surface area contributed by atoms with E-state index in [1.165, 1.54) is 0 Å². The SMILES string of the molecule is CC(=O)ON(N)C(=O)CCC(=O)N(Cl)c1ccccc1. The highest BCUT2D eigenvalue weighted by atomic mass is 35.5. The lowest BCUT2D eigenvalue weighted by atomic mass is 10.2. The molecule has 1 aromatic rings. The van der Waals surface area contributed by atoms with Crippen LogP contribution in [0.2, 0.25) is 0 Å². The van der Waals surface area contributed by atoms with E-state index in [0.717, 1.165) is 11.3 Å². The van der Waals surface area contributed by atoms with Crippen molar-refractivity contribution in [3.8, 4) is 0 Å². The van der Waals surface area contributed by atoms with E-state index < -0.39 is 17.8 Å². The fourth-order valence-electron chi connectivity index (χ4n) is 1.31. The van der Waals surface area contributed by atoms with Gasteiger partial charge in [0.1, 0.15) is 0 Å². The van der Waals surface area contributed by atoms with Crippen LogP contribution in [0.4, 0.5) is 5.69 Å². The van der Waals surface area contributed by atoms with E-state index in [1.807, 2.05) is 0 Å². The van der Waals surface area contributed by atoms with E-state index in [0.29, 0.717) is 10.9 Å². The third kappa shape index (κ3) is 4.87. The highest BCUT2D eigenvalue weighted by Gasteiger charge is 2.18. The van der Waals surface area contributed by atoms with Crippen molar-refractivity contribution in [2.75, 3.05) is 4.42 Å². The molecule has 0 atom stereocenters. The lowest BCUT2D eigenvalue weighted by Gasteiger charge is -2.16. The molecule has 108 valence electrons. The van der Waals surface area contributed by atoms with Crippen LogP contribution in [0.3, 0.4) is 0 Å². The number of benzene rings is 1. The molecule has 1 aromatic carbocycles. The Hall–Kier alpha value is -2.12. The average molecular weight is 300 g/mol. The molecule has 0 heterocycles. The van der Waals surface area contributed by atoms with Gasteiger partial charge in [-0.15, -0.1) is 5.17 Å². The van der Waals surface area contributed by atoms with E-state index in [-0.39, 0.29) is 12.8 Å². The molecule has 7 nitrogen and oxygen atoms in total. The van der Waals surface area contributed by atoms with Crippen LogP contribution >= 0.6 is 11.8 Å². The number of anilines is 1. The Morgan fingerprint density at radius 1 is 1.15 bits per heavy atom. The first kappa shape index (κ1) is 15.9. The number of halogens is 1. The minimum atomic E-state index is -0.726. The zero-order valence-corrected chi connectivity index (χ0v) is 11.5. The van der Waals surface area contributed by atoms with Gasteiger partial charge in [-0.25, -0.2) is 15.1 Å². The molecule has 0 aromatic heterocycles. The number of hydrogen-bond donors (Lipinski definition) is 1. The Balaban J connectivity index is 2.47. The van der Waals surface area contributed by atoms with Crippen LogP contribution in [0.15, 0.2) is 30.3 Å². The quantitative estimate of drug-likeness (QED) is 0.389. The van der Waals surface area contributed by atoms with Gasteiger partial charge in [0.25, 0.3) is 5.91 Å². The largest absolute Gasteiger partial charge is 0.331 e. The Kier molecular flexibility index (Phi) is 5.95. The second-order valence-electron chi connectivity index (χ2n) is 3.81. The van der Waals surface area contributed by atoms with Crippen molar-refractivity contribution in [3.63, 3.8) is 0 Å². The molecule has 0 aliphatic rings. The van der Waals surface area contributed by atoms with Gasteiger partial charge >= 0.3 is 5.97 Å². The topological polar surface area (TPSA) is 92.9 Å². The van der Waals surface area contributed by atoms with Gasteiger partial charge in [0.15, 0.2) is 0 Å². The monoisotopic (exact) mass is 299 g/mol. The van der Waals surface area contributed by atoms with Gasteiger partial charge in [0, 0.05) is 31.5 Å². The summed E-state index contributed by atoms with van der Waals surface area (Å²) in [6.45, 7) is 1.11. The summed E-state index contributed by atoms with van der Waals surface area (Å²) in [7, 11) is 0. The second kappa shape index (κ2) is 7.46. The molecule has 0 saturated carbocycles. The van der Waals surface area contributed by atoms with Gasteiger partial charge in [0.2, 0.25) is 5.91 Å². The van der Waals surface area contributed by atoms with Crippen molar-refractivity contribution in [2.24, 2.45) is 5.84 Å². The number of hydrazine groups is 1. The molecular weight excluding hydrogens is 286 g/mol. The number of rotatable bonds is 4. The number of hydroxylamine groups is 1. The molecule has 0 saturated heterocycles. The number of nitrogens with zero attached hydrogens (tertiary/aromatic N) is 2. The molecule has 0 bridgehead atoms. The number of carbonyl (C=O) groups excluding carboxylic acids is 3. The van der Waals surface area contributed by atoms with Crippen molar-refractivity contribution >= 4 is 35.2 Å². The lowest BCUT2D eigenvalue weighted by molar-refractivity contribution is -0.197. The van der Waals surface area contributed by atoms with Gasteiger partial charge in [-0.1, -0.05) is 18.2 Å². The summed E-state index contributed by atoms with van der Waals surface area (Å²) in [5.41, 5.74) is 0.496. The first-order valence-electron chi connectivity index (χ1n) is 5.71. The summed E-state index contributed by atoms with van der Waals surface area (Å²) in [6.07, 6.45) is -0.384.